The molecule has 1 atom stereocenters. The van der Waals surface area contributed by atoms with Crippen molar-refractivity contribution in [2.24, 2.45) is 0 Å². The minimum absolute atomic E-state index is 0.315. The van der Waals surface area contributed by atoms with E-state index in [1.807, 2.05) is 0 Å². The molecule has 0 N–H and O–H groups in total. The number of hydrogen-bond acceptors (Lipinski definition) is 5. The molecule has 22 heavy (non-hydrogen) atoms. The number of ether oxygens (including phenoxy) is 1. The first-order chi connectivity index (χ1) is 10.2. The molecule has 1 aromatic heterocycles. The zero-order valence-corrected chi connectivity index (χ0v) is 13.5. The van der Waals surface area contributed by atoms with Crippen molar-refractivity contribution >= 4 is 17.7 Å². The summed E-state index contributed by atoms with van der Waals surface area (Å²) in [6.07, 6.45) is 3.07. The Kier molecular flexibility index (Phi) is 4.37. The van der Waals surface area contributed by atoms with Crippen LogP contribution in [-0.4, -0.2) is 47.8 Å². The normalized spacial score (nSPS) is 17.1. The van der Waals surface area contributed by atoms with Crippen LogP contribution in [0.3, 0.4) is 0 Å². The molecule has 0 saturated carbocycles. The topological polar surface area (TPSA) is 72.0 Å². The number of hydroxylamine groups is 2. The Labute approximate surface area is 129 Å². The Morgan fingerprint density at radius 3 is 2.68 bits per heavy atom. The molecule has 0 spiro atoms. The van der Waals surface area contributed by atoms with Gasteiger partial charge in [0.15, 0.2) is 0 Å². The van der Waals surface area contributed by atoms with E-state index in [2.05, 4.69) is 4.98 Å². The maximum atomic E-state index is 12.5. The van der Waals surface area contributed by atoms with E-state index in [9.17, 15) is 9.59 Å². The summed E-state index contributed by atoms with van der Waals surface area (Å²) in [6.45, 7) is 5.35. The van der Waals surface area contributed by atoms with E-state index in [0.717, 1.165) is 10.6 Å². The number of rotatable bonds is 2. The van der Waals surface area contributed by atoms with E-state index in [0.29, 0.717) is 12.1 Å². The Morgan fingerprint density at radius 1 is 1.41 bits per heavy atom. The van der Waals surface area contributed by atoms with Crippen LogP contribution >= 0.6 is 0 Å². The van der Waals surface area contributed by atoms with Gasteiger partial charge < -0.3 is 4.74 Å². The number of carbonyl (C=O) groups excluding carboxylic acids is 2. The van der Waals surface area contributed by atoms with Crippen LogP contribution in [-0.2, 0) is 20.8 Å². The average Bonchev–Trinajstić information content (AvgIpc) is 2.83. The SMILES string of the molecule is CON(C)C(=O)C1Cc2cnccc2N1C(=O)OC(C)(C)C. The van der Waals surface area contributed by atoms with Crippen LogP contribution in [0, 0.1) is 0 Å². The molecule has 1 aliphatic heterocycles. The van der Waals surface area contributed by atoms with Gasteiger partial charge in [0.2, 0.25) is 0 Å². The second kappa shape index (κ2) is 5.92. The molecule has 1 unspecified atom stereocenters. The number of fused-ring (bicyclic) bond motifs is 1. The number of carbonyl (C=O) groups is 2. The summed E-state index contributed by atoms with van der Waals surface area (Å²) in [5, 5.41) is 1.11. The number of nitrogens with zero attached hydrogens (tertiary/aromatic N) is 3. The van der Waals surface area contributed by atoms with Crippen LogP contribution in [0.1, 0.15) is 26.3 Å². The molecule has 7 nitrogen and oxygen atoms in total. The first-order valence-corrected chi connectivity index (χ1v) is 7.01. The fourth-order valence-electron chi connectivity index (χ4n) is 2.31. The van der Waals surface area contributed by atoms with E-state index in [4.69, 9.17) is 9.57 Å². The zero-order chi connectivity index (χ0) is 16.5. The second-order valence-electron chi connectivity index (χ2n) is 6.09. The standard InChI is InChI=1S/C15H21N3O4/c1-15(2,3)22-14(20)18-11-6-7-16-9-10(11)8-12(18)13(19)17(4)21-5/h6-7,9,12H,8H2,1-5H3. The quantitative estimate of drug-likeness (QED) is 0.779. The molecular weight excluding hydrogens is 286 g/mol. The minimum atomic E-state index is -0.695. The Morgan fingerprint density at radius 2 is 2.09 bits per heavy atom. The van der Waals surface area contributed by atoms with Crippen LogP contribution in [0.4, 0.5) is 10.5 Å². The van der Waals surface area contributed by atoms with Crippen molar-refractivity contribution in [3.8, 4) is 0 Å². The molecule has 2 rings (SSSR count). The Balaban J connectivity index is 2.35. The molecule has 0 aromatic carbocycles. The first kappa shape index (κ1) is 16.2. The lowest BCUT2D eigenvalue weighted by atomic mass is 10.1. The summed E-state index contributed by atoms with van der Waals surface area (Å²) in [7, 11) is 2.91. The fraction of sp³-hybridized carbons (Fsp3) is 0.533. The van der Waals surface area contributed by atoms with Gasteiger partial charge >= 0.3 is 6.09 Å². The van der Waals surface area contributed by atoms with Gasteiger partial charge in [-0.1, -0.05) is 0 Å². The molecule has 0 saturated heterocycles. The van der Waals surface area contributed by atoms with Gasteiger partial charge in [-0.15, -0.1) is 0 Å². The summed E-state index contributed by atoms with van der Waals surface area (Å²) < 4.78 is 5.43. The molecule has 7 heteroatoms. The van der Waals surface area contributed by atoms with Crippen LogP contribution in [0.15, 0.2) is 18.5 Å². The zero-order valence-electron chi connectivity index (χ0n) is 13.5. The molecule has 0 aliphatic carbocycles. The van der Waals surface area contributed by atoms with Crippen LogP contribution in [0.2, 0.25) is 0 Å². The lowest BCUT2D eigenvalue weighted by molar-refractivity contribution is -0.170. The molecular formula is C15H21N3O4. The summed E-state index contributed by atoms with van der Waals surface area (Å²) >= 11 is 0. The third-order valence-corrected chi connectivity index (χ3v) is 3.32. The van der Waals surface area contributed by atoms with Crippen molar-refractivity contribution in [1.29, 1.82) is 0 Å². The van der Waals surface area contributed by atoms with Crippen molar-refractivity contribution in [3.63, 3.8) is 0 Å². The van der Waals surface area contributed by atoms with Gasteiger partial charge in [0.1, 0.15) is 11.6 Å². The van der Waals surface area contributed by atoms with Gasteiger partial charge in [-0.05, 0) is 32.4 Å². The molecule has 0 bridgehead atoms. The highest BCUT2D eigenvalue weighted by atomic mass is 16.7. The van der Waals surface area contributed by atoms with Crippen LogP contribution in [0.5, 0.6) is 0 Å². The summed E-state index contributed by atoms with van der Waals surface area (Å²) in [6, 6.07) is 1.01. The van der Waals surface area contributed by atoms with E-state index >= 15 is 0 Å². The van der Waals surface area contributed by atoms with Gasteiger partial charge in [-0.3, -0.25) is 19.5 Å². The third-order valence-electron chi connectivity index (χ3n) is 3.32. The highest BCUT2D eigenvalue weighted by Crippen LogP contribution is 2.33. The number of anilines is 1. The third kappa shape index (κ3) is 3.19. The Bertz CT molecular complexity index is 582. The highest BCUT2D eigenvalue weighted by Gasteiger charge is 2.41. The monoisotopic (exact) mass is 307 g/mol. The largest absolute Gasteiger partial charge is 0.443 e. The van der Waals surface area contributed by atoms with Crippen molar-refractivity contribution in [3.05, 3.63) is 24.0 Å². The van der Waals surface area contributed by atoms with Crippen molar-refractivity contribution in [2.75, 3.05) is 19.1 Å². The predicted molar refractivity (Wildman–Crippen MR) is 80.2 cm³/mol. The summed E-state index contributed by atoms with van der Waals surface area (Å²) in [5.41, 5.74) is 0.830. The molecule has 1 aliphatic rings. The average molecular weight is 307 g/mol. The van der Waals surface area contributed by atoms with E-state index < -0.39 is 17.7 Å². The van der Waals surface area contributed by atoms with Gasteiger partial charge in [-0.2, -0.15) is 0 Å². The van der Waals surface area contributed by atoms with Crippen molar-refractivity contribution in [2.45, 2.75) is 38.8 Å². The number of amides is 2. The van der Waals surface area contributed by atoms with Crippen molar-refractivity contribution < 1.29 is 19.2 Å². The van der Waals surface area contributed by atoms with E-state index in [1.165, 1.54) is 19.1 Å². The maximum Gasteiger partial charge on any atom is 0.415 e. The number of pyridine rings is 1. The lowest BCUT2D eigenvalue weighted by Gasteiger charge is -2.29. The molecule has 2 amide bonds. The van der Waals surface area contributed by atoms with Gasteiger partial charge in [0, 0.05) is 25.9 Å². The smallest absolute Gasteiger partial charge is 0.415 e. The molecule has 120 valence electrons. The summed E-state index contributed by atoms with van der Waals surface area (Å²) in [5.74, 6) is -0.315. The number of aromatic nitrogens is 1. The van der Waals surface area contributed by atoms with E-state index in [-0.39, 0.29) is 5.91 Å². The van der Waals surface area contributed by atoms with E-state index in [1.54, 1.807) is 39.2 Å². The molecule has 0 fully saturated rings. The fourth-order valence-corrected chi connectivity index (χ4v) is 2.31. The highest BCUT2D eigenvalue weighted by molar-refractivity contribution is 6.00. The van der Waals surface area contributed by atoms with Gasteiger partial charge in [0.05, 0.1) is 12.8 Å². The molecule has 0 radical (unpaired) electrons. The molecule has 1 aromatic rings. The maximum absolute atomic E-state index is 12.5. The van der Waals surface area contributed by atoms with Gasteiger partial charge in [-0.25, -0.2) is 9.86 Å². The lowest BCUT2D eigenvalue weighted by Crippen LogP contribution is -2.49. The van der Waals surface area contributed by atoms with Gasteiger partial charge in [0.25, 0.3) is 5.91 Å². The van der Waals surface area contributed by atoms with Crippen molar-refractivity contribution in [1.82, 2.24) is 10.0 Å². The first-order valence-electron chi connectivity index (χ1n) is 7.01. The minimum Gasteiger partial charge on any atom is -0.443 e. The van der Waals surface area contributed by atoms with Crippen LogP contribution < -0.4 is 4.90 Å². The molecule has 2 heterocycles. The second-order valence-corrected chi connectivity index (χ2v) is 6.09. The Hall–Kier alpha value is -2.15. The number of hydrogen-bond donors (Lipinski definition) is 0. The summed E-state index contributed by atoms with van der Waals surface area (Å²) in [4.78, 5) is 35.3. The van der Waals surface area contributed by atoms with Crippen LogP contribution in [0.25, 0.3) is 0 Å². The number of likely N-dealkylation sites (N-methyl/N-ethyl adjacent to an activating group) is 1. The predicted octanol–water partition coefficient (Wildman–Crippen LogP) is 1.77.